The maximum Gasteiger partial charge on any atom is 0.338 e. The second-order valence-corrected chi connectivity index (χ2v) is 4.53. The highest BCUT2D eigenvalue weighted by molar-refractivity contribution is 5.90. The number of aromatic carboxylic acids is 1. The van der Waals surface area contributed by atoms with Gasteiger partial charge in [-0.1, -0.05) is 30.3 Å². The lowest BCUT2D eigenvalue weighted by Crippen LogP contribution is -2.14. The van der Waals surface area contributed by atoms with E-state index in [0.717, 1.165) is 12.1 Å². The molecule has 2 aromatic carbocycles. The second-order valence-electron chi connectivity index (χ2n) is 4.53. The van der Waals surface area contributed by atoms with Gasteiger partial charge in [0.15, 0.2) is 0 Å². The molecule has 0 aromatic heterocycles. The Hall–Kier alpha value is -2.60. The third-order valence-electron chi connectivity index (χ3n) is 3.04. The summed E-state index contributed by atoms with van der Waals surface area (Å²) < 4.78 is 13.6. The summed E-state index contributed by atoms with van der Waals surface area (Å²) in [6.07, 6.45) is -0.784. The van der Waals surface area contributed by atoms with Crippen molar-refractivity contribution < 1.29 is 19.4 Å². The van der Waals surface area contributed by atoms with Crippen LogP contribution in [0.2, 0.25) is 0 Å². The van der Waals surface area contributed by atoms with E-state index in [-0.39, 0.29) is 17.9 Å². The standard InChI is InChI=1S/C15H15FN2O3/c16-11-7-13(12(17)6-10(11)15(20)21)18-8-14(19)9-4-2-1-3-5-9/h1-7,14,18-19H,8,17H2,(H,20,21). The predicted octanol–water partition coefficient (Wildman–Crippen LogP) is 2.25. The average molecular weight is 290 g/mol. The molecule has 1 atom stereocenters. The Kier molecular flexibility index (Phi) is 4.39. The van der Waals surface area contributed by atoms with E-state index in [0.29, 0.717) is 5.56 Å². The molecule has 21 heavy (non-hydrogen) atoms. The van der Waals surface area contributed by atoms with Crippen LogP contribution in [0, 0.1) is 5.82 Å². The first-order chi connectivity index (χ1) is 9.99. The summed E-state index contributed by atoms with van der Waals surface area (Å²) in [5, 5.41) is 21.6. The van der Waals surface area contributed by atoms with Crippen LogP contribution in [-0.4, -0.2) is 22.7 Å². The lowest BCUT2D eigenvalue weighted by Gasteiger charge is -2.15. The van der Waals surface area contributed by atoms with Gasteiger partial charge in [0.2, 0.25) is 0 Å². The molecule has 0 spiro atoms. The molecule has 5 N–H and O–H groups in total. The number of anilines is 2. The zero-order chi connectivity index (χ0) is 15.4. The number of rotatable bonds is 5. The largest absolute Gasteiger partial charge is 0.478 e. The molecule has 110 valence electrons. The molecule has 6 heteroatoms. The molecule has 1 unspecified atom stereocenters. The highest BCUT2D eigenvalue weighted by Gasteiger charge is 2.14. The van der Waals surface area contributed by atoms with Crippen LogP contribution in [-0.2, 0) is 0 Å². The number of nitrogens with two attached hydrogens (primary N) is 1. The molecule has 0 saturated carbocycles. The summed E-state index contributed by atoms with van der Waals surface area (Å²) in [7, 11) is 0. The summed E-state index contributed by atoms with van der Waals surface area (Å²) >= 11 is 0. The molecule has 0 saturated heterocycles. The molecular formula is C15H15FN2O3. The topological polar surface area (TPSA) is 95.6 Å². The fraction of sp³-hybridized carbons (Fsp3) is 0.133. The summed E-state index contributed by atoms with van der Waals surface area (Å²) in [6, 6.07) is 11.0. The summed E-state index contributed by atoms with van der Waals surface area (Å²) in [6.45, 7) is 0.125. The van der Waals surface area contributed by atoms with Crippen LogP contribution in [0.4, 0.5) is 15.8 Å². The number of benzene rings is 2. The molecular weight excluding hydrogens is 275 g/mol. The second kappa shape index (κ2) is 6.23. The molecule has 0 amide bonds. The fourth-order valence-electron chi connectivity index (χ4n) is 1.91. The van der Waals surface area contributed by atoms with E-state index in [1.807, 2.05) is 6.07 Å². The van der Waals surface area contributed by atoms with Crippen LogP contribution < -0.4 is 11.1 Å². The van der Waals surface area contributed by atoms with Crippen molar-refractivity contribution in [1.29, 1.82) is 0 Å². The van der Waals surface area contributed by atoms with Crippen molar-refractivity contribution in [1.82, 2.24) is 0 Å². The summed E-state index contributed by atoms with van der Waals surface area (Å²) in [4.78, 5) is 10.8. The van der Waals surface area contributed by atoms with E-state index in [9.17, 15) is 14.3 Å². The smallest absolute Gasteiger partial charge is 0.338 e. The van der Waals surface area contributed by atoms with Gasteiger partial charge in [-0.2, -0.15) is 0 Å². The quantitative estimate of drug-likeness (QED) is 0.633. The number of carbonyl (C=O) groups is 1. The van der Waals surface area contributed by atoms with E-state index < -0.39 is 23.5 Å². The summed E-state index contributed by atoms with van der Waals surface area (Å²) in [5.41, 5.74) is 6.26. The van der Waals surface area contributed by atoms with Crippen molar-refractivity contribution in [2.24, 2.45) is 0 Å². The van der Waals surface area contributed by atoms with Crippen molar-refractivity contribution in [3.05, 3.63) is 59.4 Å². The third-order valence-corrected chi connectivity index (χ3v) is 3.04. The van der Waals surface area contributed by atoms with Gasteiger partial charge < -0.3 is 21.3 Å². The number of aliphatic hydroxyl groups is 1. The molecule has 0 aliphatic carbocycles. The zero-order valence-electron chi connectivity index (χ0n) is 11.1. The molecule has 0 aliphatic rings. The van der Waals surface area contributed by atoms with Gasteiger partial charge in [-0.05, 0) is 17.7 Å². The monoisotopic (exact) mass is 290 g/mol. The highest BCUT2D eigenvalue weighted by atomic mass is 19.1. The van der Waals surface area contributed by atoms with Crippen LogP contribution in [0.1, 0.15) is 22.0 Å². The lowest BCUT2D eigenvalue weighted by molar-refractivity contribution is 0.0692. The normalized spacial score (nSPS) is 11.9. The highest BCUT2D eigenvalue weighted by Crippen LogP contribution is 2.24. The Balaban J connectivity index is 2.10. The van der Waals surface area contributed by atoms with E-state index in [2.05, 4.69) is 5.32 Å². The molecule has 0 aliphatic heterocycles. The van der Waals surface area contributed by atoms with Crippen LogP contribution in [0.3, 0.4) is 0 Å². The number of carboxylic acid groups (broad SMARTS) is 1. The van der Waals surface area contributed by atoms with Crippen molar-refractivity contribution >= 4 is 17.3 Å². The van der Waals surface area contributed by atoms with Crippen LogP contribution in [0.25, 0.3) is 0 Å². The lowest BCUT2D eigenvalue weighted by atomic mass is 10.1. The van der Waals surface area contributed by atoms with Crippen molar-refractivity contribution in [3.8, 4) is 0 Å². The molecule has 0 radical (unpaired) electrons. The molecule has 0 heterocycles. The number of nitrogen functional groups attached to an aromatic ring is 1. The number of halogens is 1. The molecule has 2 aromatic rings. The number of carboxylic acids is 1. The predicted molar refractivity (Wildman–Crippen MR) is 77.7 cm³/mol. The molecule has 2 rings (SSSR count). The zero-order valence-corrected chi connectivity index (χ0v) is 11.1. The minimum atomic E-state index is -1.38. The summed E-state index contributed by atoms with van der Waals surface area (Å²) in [5.74, 6) is -2.26. The fourth-order valence-corrected chi connectivity index (χ4v) is 1.91. The number of nitrogens with one attached hydrogen (secondary N) is 1. The molecule has 0 fully saturated rings. The van der Waals surface area contributed by atoms with Gasteiger partial charge in [0.1, 0.15) is 5.82 Å². The van der Waals surface area contributed by atoms with Gasteiger partial charge in [-0.25, -0.2) is 9.18 Å². The van der Waals surface area contributed by atoms with Gasteiger partial charge in [0, 0.05) is 6.54 Å². The van der Waals surface area contributed by atoms with Crippen LogP contribution in [0.5, 0.6) is 0 Å². The molecule has 0 bridgehead atoms. The van der Waals surface area contributed by atoms with E-state index in [1.54, 1.807) is 24.3 Å². The van der Waals surface area contributed by atoms with Crippen molar-refractivity contribution in [3.63, 3.8) is 0 Å². The number of aliphatic hydroxyl groups excluding tert-OH is 1. The van der Waals surface area contributed by atoms with Gasteiger partial charge in [-0.15, -0.1) is 0 Å². The third kappa shape index (κ3) is 3.49. The molecule has 5 nitrogen and oxygen atoms in total. The number of hydrogen-bond acceptors (Lipinski definition) is 4. The van der Waals surface area contributed by atoms with Crippen LogP contribution >= 0.6 is 0 Å². The first-order valence-electron chi connectivity index (χ1n) is 6.28. The van der Waals surface area contributed by atoms with Gasteiger partial charge in [-0.3, -0.25) is 0 Å². The van der Waals surface area contributed by atoms with Gasteiger partial charge >= 0.3 is 5.97 Å². The maximum absolute atomic E-state index is 13.6. The average Bonchev–Trinajstić information content (AvgIpc) is 2.48. The van der Waals surface area contributed by atoms with Crippen LogP contribution in [0.15, 0.2) is 42.5 Å². The van der Waals surface area contributed by atoms with Gasteiger partial charge in [0.25, 0.3) is 0 Å². The minimum Gasteiger partial charge on any atom is -0.478 e. The number of hydrogen-bond donors (Lipinski definition) is 4. The SMILES string of the molecule is Nc1cc(C(=O)O)c(F)cc1NCC(O)c1ccccc1. The van der Waals surface area contributed by atoms with E-state index >= 15 is 0 Å². The van der Waals surface area contributed by atoms with Crippen molar-refractivity contribution in [2.75, 3.05) is 17.6 Å². The Morgan fingerprint density at radius 2 is 1.95 bits per heavy atom. The maximum atomic E-state index is 13.6. The minimum absolute atomic E-state index is 0.106. The Bertz CT molecular complexity index is 647. The first-order valence-corrected chi connectivity index (χ1v) is 6.28. The van der Waals surface area contributed by atoms with Crippen molar-refractivity contribution in [2.45, 2.75) is 6.10 Å². The Morgan fingerprint density at radius 1 is 1.29 bits per heavy atom. The van der Waals surface area contributed by atoms with E-state index in [4.69, 9.17) is 10.8 Å². The Labute approximate surface area is 120 Å². The Morgan fingerprint density at radius 3 is 2.57 bits per heavy atom. The first kappa shape index (κ1) is 14.8. The van der Waals surface area contributed by atoms with Gasteiger partial charge in [0.05, 0.1) is 23.0 Å². The van der Waals surface area contributed by atoms with E-state index in [1.165, 1.54) is 0 Å².